The van der Waals surface area contributed by atoms with Gasteiger partial charge in [0.15, 0.2) is 5.78 Å². The Balaban J connectivity index is 1.20. The zero-order valence-electron chi connectivity index (χ0n) is 21.3. The molecule has 0 saturated carbocycles. The number of Topliss-reactive ketones (excluding diaryl/α,β-unsaturated/α-hetero) is 1. The molecular weight excluding hydrogens is 485 g/mol. The minimum Gasteiger partial charge on any atom is -0.496 e. The van der Waals surface area contributed by atoms with Crippen LogP contribution in [0.3, 0.4) is 0 Å². The van der Waals surface area contributed by atoms with Gasteiger partial charge in [-0.3, -0.25) is 14.8 Å². The minimum atomic E-state index is -0.265. The summed E-state index contributed by atoms with van der Waals surface area (Å²) >= 11 is 0. The topological polar surface area (TPSA) is 97.1 Å². The molecule has 5 aromatic rings. The maximum Gasteiger partial charge on any atom is 0.163 e. The molecule has 0 unspecified atom stereocenters. The van der Waals surface area contributed by atoms with Crippen molar-refractivity contribution >= 4 is 27.7 Å². The fraction of sp³-hybridized carbons (Fsp3) is 0.310. The van der Waals surface area contributed by atoms with Crippen LogP contribution in [0.25, 0.3) is 33.2 Å². The quantitative estimate of drug-likeness (QED) is 0.281. The van der Waals surface area contributed by atoms with Gasteiger partial charge in [0.1, 0.15) is 22.6 Å². The Kier molecular flexibility index (Phi) is 6.37. The number of benzene rings is 3. The Morgan fingerprint density at radius 1 is 1.13 bits per heavy atom. The molecule has 1 aliphatic heterocycles. The van der Waals surface area contributed by atoms with Crippen LogP contribution in [0.1, 0.15) is 35.7 Å². The molecule has 9 heteroatoms. The molecule has 1 aliphatic rings. The van der Waals surface area contributed by atoms with E-state index in [1.165, 1.54) is 6.07 Å². The first-order chi connectivity index (χ1) is 18.5. The van der Waals surface area contributed by atoms with Gasteiger partial charge in [-0.1, -0.05) is 19.1 Å². The molecule has 0 radical (unpaired) electrons. The molecule has 1 N–H and O–H groups in total. The van der Waals surface area contributed by atoms with Gasteiger partial charge in [-0.15, -0.1) is 0 Å². The minimum absolute atomic E-state index is 0.0951. The van der Waals surface area contributed by atoms with E-state index in [4.69, 9.17) is 9.37 Å². The van der Waals surface area contributed by atoms with Crippen molar-refractivity contribution in [2.45, 2.75) is 26.3 Å². The second-order valence-electron chi connectivity index (χ2n) is 10.2. The van der Waals surface area contributed by atoms with Crippen LogP contribution < -0.4 is 4.74 Å². The smallest absolute Gasteiger partial charge is 0.163 e. The van der Waals surface area contributed by atoms with Crippen LogP contribution in [0.15, 0.2) is 59.2 Å². The van der Waals surface area contributed by atoms with Gasteiger partial charge in [0.05, 0.1) is 18.3 Å². The fourth-order valence-corrected chi connectivity index (χ4v) is 5.70. The average molecular weight is 514 g/mol. The predicted octanol–water partition coefficient (Wildman–Crippen LogP) is 5.64. The van der Waals surface area contributed by atoms with Crippen molar-refractivity contribution in [1.29, 1.82) is 0 Å². The van der Waals surface area contributed by atoms with Gasteiger partial charge in [-0.05, 0) is 71.0 Å². The number of nitrogens with zero attached hydrogens (tertiary/aromatic N) is 4. The molecule has 194 valence electrons. The van der Waals surface area contributed by atoms with E-state index >= 15 is 0 Å². The van der Waals surface area contributed by atoms with Crippen molar-refractivity contribution in [2.24, 2.45) is 11.8 Å². The van der Waals surface area contributed by atoms with Crippen molar-refractivity contribution in [3.8, 4) is 17.0 Å². The summed E-state index contributed by atoms with van der Waals surface area (Å²) in [7, 11) is 1.56. The lowest BCUT2D eigenvalue weighted by Crippen LogP contribution is -2.40. The van der Waals surface area contributed by atoms with Crippen molar-refractivity contribution in [2.75, 3.05) is 20.2 Å². The third kappa shape index (κ3) is 4.65. The monoisotopic (exact) mass is 513 g/mol. The lowest BCUT2D eigenvalue weighted by molar-refractivity contribution is 0.0856. The number of carbonyl (C=O) groups is 1. The van der Waals surface area contributed by atoms with E-state index in [1.807, 2.05) is 36.4 Å². The Bertz CT molecular complexity index is 1630. The first-order valence-corrected chi connectivity index (χ1v) is 12.8. The summed E-state index contributed by atoms with van der Waals surface area (Å²) in [6.07, 6.45) is 1.39. The van der Waals surface area contributed by atoms with Gasteiger partial charge < -0.3 is 4.74 Å². The lowest BCUT2D eigenvalue weighted by atomic mass is 9.85. The summed E-state index contributed by atoms with van der Waals surface area (Å²) in [4.78, 5) is 15.7. The third-order valence-corrected chi connectivity index (χ3v) is 7.39. The molecule has 1 fully saturated rings. The van der Waals surface area contributed by atoms with Crippen LogP contribution in [0, 0.1) is 17.7 Å². The normalized spacial score (nSPS) is 18.3. The highest BCUT2D eigenvalue weighted by Crippen LogP contribution is 2.32. The number of H-pyrrole nitrogens is 1. The summed E-state index contributed by atoms with van der Waals surface area (Å²) < 4.78 is 24.8. The number of aromatic nitrogens is 4. The number of likely N-dealkylation sites (tertiary alicyclic amines) is 1. The molecule has 0 bridgehead atoms. The van der Waals surface area contributed by atoms with Gasteiger partial charge >= 0.3 is 0 Å². The predicted molar refractivity (Wildman–Crippen MR) is 141 cm³/mol. The molecule has 2 aromatic heterocycles. The molecule has 8 nitrogen and oxygen atoms in total. The van der Waals surface area contributed by atoms with Crippen molar-refractivity contribution < 1.29 is 18.6 Å². The van der Waals surface area contributed by atoms with Gasteiger partial charge in [0.25, 0.3) is 0 Å². The maximum absolute atomic E-state index is 14.6. The Morgan fingerprint density at radius 3 is 2.87 bits per heavy atom. The Labute approximate surface area is 218 Å². The fourth-order valence-electron chi connectivity index (χ4n) is 5.70. The number of hydrogen-bond donors (Lipinski definition) is 1. The number of halogens is 1. The molecule has 0 aliphatic carbocycles. The van der Waals surface area contributed by atoms with Crippen molar-refractivity contribution in [3.05, 3.63) is 71.5 Å². The van der Waals surface area contributed by atoms with E-state index in [9.17, 15) is 9.18 Å². The van der Waals surface area contributed by atoms with Crippen LogP contribution in [0.5, 0.6) is 5.75 Å². The highest BCUT2D eigenvalue weighted by Gasteiger charge is 2.28. The molecule has 0 spiro atoms. The molecule has 6 rings (SSSR count). The second-order valence-corrected chi connectivity index (χ2v) is 10.2. The molecule has 2 atom stereocenters. The first kappa shape index (κ1) is 24.2. The van der Waals surface area contributed by atoms with Gasteiger partial charge in [-0.25, -0.2) is 9.02 Å². The average Bonchev–Trinajstić information content (AvgIpc) is 3.55. The van der Waals surface area contributed by atoms with Gasteiger partial charge in [0, 0.05) is 48.1 Å². The van der Waals surface area contributed by atoms with Crippen molar-refractivity contribution in [1.82, 2.24) is 25.4 Å². The molecule has 38 heavy (non-hydrogen) atoms. The van der Waals surface area contributed by atoms with E-state index in [1.54, 1.807) is 19.2 Å². The summed E-state index contributed by atoms with van der Waals surface area (Å²) in [5.74, 6) is 0.976. The van der Waals surface area contributed by atoms with Crippen LogP contribution >= 0.6 is 0 Å². The summed E-state index contributed by atoms with van der Waals surface area (Å²) in [5.41, 5.74) is 5.01. The van der Waals surface area contributed by atoms with Crippen LogP contribution in [-0.2, 0) is 6.54 Å². The van der Waals surface area contributed by atoms with E-state index < -0.39 is 0 Å². The number of rotatable bonds is 7. The lowest BCUT2D eigenvalue weighted by Gasteiger charge is -2.36. The van der Waals surface area contributed by atoms with E-state index in [0.717, 1.165) is 41.7 Å². The van der Waals surface area contributed by atoms with Crippen LogP contribution in [0.2, 0.25) is 0 Å². The number of piperidine rings is 1. The molecule has 0 amide bonds. The molecule has 3 heterocycles. The largest absolute Gasteiger partial charge is 0.496 e. The van der Waals surface area contributed by atoms with E-state index in [2.05, 4.69) is 32.3 Å². The maximum atomic E-state index is 14.6. The summed E-state index contributed by atoms with van der Waals surface area (Å²) in [5, 5.41) is 16.2. The highest BCUT2D eigenvalue weighted by molar-refractivity contribution is 6.03. The summed E-state index contributed by atoms with van der Waals surface area (Å²) in [6.45, 7) is 4.24. The molecular formula is C29H28FN5O3. The number of methoxy groups -OCH3 is 1. The number of ether oxygens (including phenoxy) is 1. The highest BCUT2D eigenvalue weighted by atomic mass is 19.1. The van der Waals surface area contributed by atoms with Crippen LogP contribution in [0.4, 0.5) is 4.39 Å². The third-order valence-electron chi connectivity index (χ3n) is 7.39. The van der Waals surface area contributed by atoms with E-state index in [0.29, 0.717) is 46.8 Å². The number of carbonyl (C=O) groups excluding carboxylic acids is 1. The Morgan fingerprint density at radius 2 is 2.00 bits per heavy atom. The molecule has 3 aromatic carbocycles. The zero-order chi connectivity index (χ0) is 26.2. The Hall–Kier alpha value is -4.11. The zero-order valence-corrected chi connectivity index (χ0v) is 21.3. The standard InChI is InChI=1S/C29H28FN5O3/c1-17-10-18(15-35(14-17)16-22-23(30)4-3-5-28(22)37-2)11-27(36)19-6-8-24-21(12-19)29(32-31-24)20-7-9-25-26(13-20)34-38-33-25/h3-9,12-13,17-18H,10-11,14-16H2,1-2H3,(H,31,32)/t17-,18+/m1/s1. The molecule has 1 saturated heterocycles. The van der Waals surface area contributed by atoms with Crippen LogP contribution in [-0.4, -0.2) is 51.4 Å². The van der Waals surface area contributed by atoms with Gasteiger partial charge in [0.2, 0.25) is 0 Å². The SMILES string of the molecule is COc1cccc(F)c1CN1C[C@H](C)C[C@@H](CC(=O)c2ccc3[nH]nc(-c4ccc5nonc5c4)c3c2)C1. The summed E-state index contributed by atoms with van der Waals surface area (Å²) in [6, 6.07) is 16.2. The first-order valence-electron chi connectivity index (χ1n) is 12.8. The van der Waals surface area contributed by atoms with E-state index in [-0.39, 0.29) is 17.5 Å². The number of aromatic amines is 1. The van der Waals surface area contributed by atoms with Gasteiger partial charge in [-0.2, -0.15) is 5.10 Å². The number of fused-ring (bicyclic) bond motifs is 2. The van der Waals surface area contributed by atoms with Crippen molar-refractivity contribution in [3.63, 3.8) is 0 Å². The second kappa shape index (κ2) is 9.98. The number of nitrogens with one attached hydrogen (secondary N) is 1. The number of ketones is 1. The number of hydrogen-bond acceptors (Lipinski definition) is 7.